The van der Waals surface area contributed by atoms with Crippen LogP contribution in [-0.4, -0.2) is 63.1 Å². The molecule has 2 saturated heterocycles. The molecular weight excluding hydrogens is 381 g/mol. The van der Waals surface area contributed by atoms with Crippen LogP contribution in [0.15, 0.2) is 18.2 Å². The molecule has 7 nitrogen and oxygen atoms in total. The Kier molecular flexibility index (Phi) is 8.76. The number of aliphatic hydroxyl groups is 1. The van der Waals surface area contributed by atoms with Crippen LogP contribution >= 0.6 is 24.8 Å². The monoisotopic (exact) mass is 407 g/mol. The highest BCUT2D eigenvalue weighted by atomic mass is 35.5. The van der Waals surface area contributed by atoms with Crippen LogP contribution in [-0.2, 0) is 4.79 Å². The molecular formula is C17H27Cl2N3O4. The van der Waals surface area contributed by atoms with E-state index in [0.29, 0.717) is 13.0 Å². The molecule has 1 aromatic rings. The Balaban J connectivity index is 0.00000169. The summed E-state index contributed by atoms with van der Waals surface area (Å²) in [6.07, 6.45) is 0.945. The summed E-state index contributed by atoms with van der Waals surface area (Å²) < 4.78 is 10.6. The van der Waals surface area contributed by atoms with Crippen LogP contribution in [0.5, 0.6) is 11.5 Å². The van der Waals surface area contributed by atoms with Crippen LogP contribution < -0.4 is 25.0 Å². The number of rotatable bonds is 5. The Morgan fingerprint density at radius 3 is 2.42 bits per heavy atom. The molecule has 0 radical (unpaired) electrons. The quantitative estimate of drug-likeness (QED) is 0.674. The number of nitrogens with one attached hydrogen (secondary N) is 2. The lowest BCUT2D eigenvalue weighted by Crippen LogP contribution is -2.46. The Bertz CT molecular complexity index is 583. The second-order valence-electron chi connectivity index (χ2n) is 6.36. The van der Waals surface area contributed by atoms with E-state index in [0.717, 1.165) is 36.7 Å². The Labute approximate surface area is 166 Å². The van der Waals surface area contributed by atoms with Crippen molar-refractivity contribution in [3.05, 3.63) is 18.2 Å². The summed E-state index contributed by atoms with van der Waals surface area (Å²) in [4.78, 5) is 14.5. The largest absolute Gasteiger partial charge is 0.497 e. The maximum Gasteiger partial charge on any atom is 0.237 e. The van der Waals surface area contributed by atoms with Gasteiger partial charge in [-0.25, -0.2) is 0 Å². The molecule has 2 fully saturated rings. The maximum atomic E-state index is 12.2. The molecule has 0 saturated carbocycles. The molecule has 0 aromatic heterocycles. The summed E-state index contributed by atoms with van der Waals surface area (Å²) in [7, 11) is 3.27. The highest BCUT2D eigenvalue weighted by molar-refractivity contribution is 5.85. The van der Waals surface area contributed by atoms with Gasteiger partial charge in [-0.3, -0.25) is 4.79 Å². The number of aliphatic hydroxyl groups excluding tert-OH is 1. The van der Waals surface area contributed by atoms with Gasteiger partial charge < -0.3 is 30.1 Å². The molecule has 0 bridgehead atoms. The van der Waals surface area contributed by atoms with E-state index in [1.807, 2.05) is 18.2 Å². The summed E-state index contributed by atoms with van der Waals surface area (Å²) >= 11 is 0. The van der Waals surface area contributed by atoms with Gasteiger partial charge in [0.2, 0.25) is 5.91 Å². The van der Waals surface area contributed by atoms with Gasteiger partial charge in [-0.2, -0.15) is 0 Å². The first kappa shape index (κ1) is 22.6. The number of anilines is 1. The smallest absolute Gasteiger partial charge is 0.237 e. The minimum absolute atomic E-state index is 0. The highest BCUT2D eigenvalue weighted by Crippen LogP contribution is 2.30. The predicted octanol–water partition coefficient (Wildman–Crippen LogP) is 0.965. The van der Waals surface area contributed by atoms with Crippen molar-refractivity contribution in [3.8, 4) is 11.5 Å². The zero-order valence-electron chi connectivity index (χ0n) is 14.9. The van der Waals surface area contributed by atoms with Crippen molar-refractivity contribution >= 4 is 36.4 Å². The fourth-order valence-electron chi connectivity index (χ4n) is 3.31. The number of hydrogen-bond donors (Lipinski definition) is 3. The third kappa shape index (κ3) is 5.30. The Morgan fingerprint density at radius 1 is 1.23 bits per heavy atom. The van der Waals surface area contributed by atoms with E-state index in [2.05, 4.69) is 15.5 Å². The first-order chi connectivity index (χ1) is 11.6. The summed E-state index contributed by atoms with van der Waals surface area (Å²) in [5.41, 5.74) is 1.03. The van der Waals surface area contributed by atoms with Gasteiger partial charge in [0.15, 0.2) is 0 Å². The zero-order chi connectivity index (χ0) is 17.1. The van der Waals surface area contributed by atoms with E-state index in [9.17, 15) is 9.90 Å². The van der Waals surface area contributed by atoms with Gasteiger partial charge >= 0.3 is 0 Å². The molecule has 148 valence electrons. The number of hydrogen-bond acceptors (Lipinski definition) is 6. The third-order valence-corrected chi connectivity index (χ3v) is 4.66. The van der Waals surface area contributed by atoms with Crippen molar-refractivity contribution in [2.24, 2.45) is 0 Å². The average molecular weight is 408 g/mol. The molecule has 2 aliphatic rings. The first-order valence-corrected chi connectivity index (χ1v) is 8.29. The van der Waals surface area contributed by atoms with Crippen molar-refractivity contribution < 1.29 is 19.4 Å². The molecule has 9 heteroatoms. The van der Waals surface area contributed by atoms with Gasteiger partial charge in [0.05, 0.1) is 26.4 Å². The lowest BCUT2D eigenvalue weighted by Gasteiger charge is -2.21. The van der Waals surface area contributed by atoms with E-state index in [1.165, 1.54) is 0 Å². The van der Waals surface area contributed by atoms with Gasteiger partial charge in [-0.1, -0.05) is 0 Å². The SMILES string of the molecule is COc1cc(OC)cc(N2CCC(NC(=O)C3CC(O)CN3)C2)c1.Cl.Cl. The van der Waals surface area contributed by atoms with Crippen LogP contribution in [0.2, 0.25) is 0 Å². The second kappa shape index (κ2) is 10.1. The fourth-order valence-corrected chi connectivity index (χ4v) is 3.31. The molecule has 2 aliphatic heterocycles. The summed E-state index contributed by atoms with van der Waals surface area (Å²) in [5.74, 6) is 1.48. The van der Waals surface area contributed by atoms with Crippen LogP contribution in [0.1, 0.15) is 12.8 Å². The molecule has 3 unspecified atom stereocenters. The van der Waals surface area contributed by atoms with E-state index >= 15 is 0 Å². The molecule has 26 heavy (non-hydrogen) atoms. The molecule has 1 aromatic carbocycles. The number of β-amino-alcohol motifs (C(OH)–C–C–N with tert-alkyl or cyclic N) is 1. The molecule has 1 amide bonds. The van der Waals surface area contributed by atoms with Crippen molar-refractivity contribution in [2.45, 2.75) is 31.0 Å². The molecule has 3 N–H and O–H groups in total. The maximum absolute atomic E-state index is 12.2. The van der Waals surface area contributed by atoms with Crippen molar-refractivity contribution in [2.75, 3.05) is 38.8 Å². The Hall–Kier alpha value is -1.41. The zero-order valence-corrected chi connectivity index (χ0v) is 16.6. The summed E-state index contributed by atoms with van der Waals surface area (Å²) in [6.45, 7) is 2.10. The fraction of sp³-hybridized carbons (Fsp3) is 0.588. The summed E-state index contributed by atoms with van der Waals surface area (Å²) in [6, 6.07) is 5.61. The van der Waals surface area contributed by atoms with E-state index in [1.54, 1.807) is 14.2 Å². The van der Waals surface area contributed by atoms with Crippen LogP contribution in [0, 0.1) is 0 Å². The number of nitrogens with zero attached hydrogens (tertiary/aromatic N) is 1. The van der Waals surface area contributed by atoms with Crippen LogP contribution in [0.4, 0.5) is 5.69 Å². The van der Waals surface area contributed by atoms with Crippen LogP contribution in [0.3, 0.4) is 0 Å². The number of ether oxygens (including phenoxy) is 2. The number of amides is 1. The number of methoxy groups -OCH3 is 2. The number of benzene rings is 1. The Morgan fingerprint density at radius 2 is 1.88 bits per heavy atom. The molecule has 0 spiro atoms. The minimum atomic E-state index is -0.426. The van der Waals surface area contributed by atoms with E-state index in [4.69, 9.17) is 9.47 Å². The second-order valence-corrected chi connectivity index (χ2v) is 6.36. The highest BCUT2D eigenvalue weighted by Gasteiger charge is 2.31. The molecule has 2 heterocycles. The lowest BCUT2D eigenvalue weighted by atomic mass is 10.1. The lowest BCUT2D eigenvalue weighted by molar-refractivity contribution is -0.123. The average Bonchev–Trinajstić information content (AvgIpc) is 3.23. The molecule has 3 rings (SSSR count). The normalized spacial score (nSPS) is 24.4. The first-order valence-electron chi connectivity index (χ1n) is 8.29. The van der Waals surface area contributed by atoms with Gasteiger partial charge in [-0.05, 0) is 12.8 Å². The van der Waals surface area contributed by atoms with Gasteiger partial charge in [0.25, 0.3) is 0 Å². The topological polar surface area (TPSA) is 83.1 Å². The molecule has 3 atom stereocenters. The number of halogens is 2. The van der Waals surface area contributed by atoms with Gasteiger partial charge in [-0.15, -0.1) is 24.8 Å². The molecule has 0 aliphatic carbocycles. The summed E-state index contributed by atoms with van der Waals surface area (Å²) in [5, 5.41) is 15.7. The number of carbonyl (C=O) groups is 1. The number of carbonyl (C=O) groups excluding carboxylic acids is 1. The minimum Gasteiger partial charge on any atom is -0.497 e. The third-order valence-electron chi connectivity index (χ3n) is 4.66. The predicted molar refractivity (Wildman–Crippen MR) is 105 cm³/mol. The van der Waals surface area contributed by atoms with Crippen molar-refractivity contribution in [1.82, 2.24) is 10.6 Å². The van der Waals surface area contributed by atoms with Gasteiger partial charge in [0, 0.05) is 49.6 Å². The van der Waals surface area contributed by atoms with Crippen LogP contribution in [0.25, 0.3) is 0 Å². The van der Waals surface area contributed by atoms with Crippen molar-refractivity contribution in [3.63, 3.8) is 0 Å². The van der Waals surface area contributed by atoms with Crippen molar-refractivity contribution in [1.29, 1.82) is 0 Å². The van der Waals surface area contributed by atoms with Gasteiger partial charge in [0.1, 0.15) is 11.5 Å². The standard InChI is InChI=1S/C17H25N3O4.2ClH/c1-23-14-5-12(6-15(8-14)24-2)20-4-3-11(10-20)19-17(22)16-7-13(21)9-18-16;;/h5-6,8,11,13,16,18,21H,3-4,7,9-10H2,1-2H3,(H,19,22);2*1H. The van der Waals surface area contributed by atoms with E-state index in [-0.39, 0.29) is 42.8 Å². The van der Waals surface area contributed by atoms with E-state index < -0.39 is 6.10 Å².